The Balaban J connectivity index is 1.67. The Morgan fingerprint density at radius 2 is 1.88 bits per heavy atom. The third-order valence-corrected chi connectivity index (χ3v) is 5.78. The molecule has 8 heteroatoms. The Morgan fingerprint density at radius 3 is 2.56 bits per heavy atom. The molecular weight excluding hydrogens is 408 g/mol. The molecular formula is C24H32N4O4. The fourth-order valence-corrected chi connectivity index (χ4v) is 3.97. The van der Waals surface area contributed by atoms with E-state index in [1.54, 1.807) is 18.2 Å². The molecule has 2 N–H and O–H groups in total. The van der Waals surface area contributed by atoms with Crippen molar-refractivity contribution in [2.24, 2.45) is 0 Å². The van der Waals surface area contributed by atoms with Crippen molar-refractivity contribution in [1.29, 1.82) is 0 Å². The molecule has 1 aliphatic rings. The molecule has 8 nitrogen and oxygen atoms in total. The number of ether oxygens (including phenoxy) is 2. The second-order valence-corrected chi connectivity index (χ2v) is 8.12. The van der Waals surface area contributed by atoms with Gasteiger partial charge in [-0.2, -0.15) is 0 Å². The van der Waals surface area contributed by atoms with Crippen molar-refractivity contribution in [3.8, 4) is 11.5 Å². The minimum absolute atomic E-state index is 0.0596. The number of fused-ring (bicyclic) bond motifs is 1. The largest absolute Gasteiger partial charge is 0.497 e. The lowest BCUT2D eigenvalue weighted by Gasteiger charge is -2.30. The summed E-state index contributed by atoms with van der Waals surface area (Å²) in [5.74, 6) is -0.482. The van der Waals surface area contributed by atoms with E-state index in [2.05, 4.69) is 40.8 Å². The van der Waals surface area contributed by atoms with E-state index < -0.39 is 11.8 Å². The Morgan fingerprint density at radius 1 is 1.09 bits per heavy atom. The molecule has 0 aromatic heterocycles. The van der Waals surface area contributed by atoms with Gasteiger partial charge in [-0.3, -0.25) is 9.59 Å². The molecule has 3 rings (SSSR count). The molecule has 0 saturated heterocycles. The molecule has 0 bridgehead atoms. The van der Waals surface area contributed by atoms with Gasteiger partial charge in [-0.05, 0) is 56.3 Å². The van der Waals surface area contributed by atoms with E-state index in [1.165, 1.54) is 25.5 Å². The monoisotopic (exact) mass is 440 g/mol. The first kappa shape index (κ1) is 23.4. The first-order chi connectivity index (χ1) is 15.3. The lowest BCUT2D eigenvalue weighted by Crippen LogP contribution is -2.40. The number of hydrogen-bond acceptors (Lipinski definition) is 6. The van der Waals surface area contributed by atoms with E-state index >= 15 is 0 Å². The molecule has 1 unspecified atom stereocenters. The summed E-state index contributed by atoms with van der Waals surface area (Å²) in [7, 11) is 9.06. The van der Waals surface area contributed by atoms with Gasteiger partial charge in [0.25, 0.3) is 0 Å². The third kappa shape index (κ3) is 5.31. The number of likely N-dealkylation sites (N-methyl/N-ethyl adjacent to an activating group) is 1. The zero-order valence-corrected chi connectivity index (χ0v) is 19.4. The van der Waals surface area contributed by atoms with Crippen LogP contribution in [-0.4, -0.2) is 65.2 Å². The summed E-state index contributed by atoms with van der Waals surface area (Å²) in [6.45, 7) is 1.37. The minimum Gasteiger partial charge on any atom is -0.497 e. The maximum atomic E-state index is 12.5. The molecule has 1 heterocycles. The van der Waals surface area contributed by atoms with Crippen LogP contribution in [0.3, 0.4) is 0 Å². The molecule has 2 aromatic rings. The number of nitrogens with zero attached hydrogens (tertiary/aromatic N) is 2. The van der Waals surface area contributed by atoms with Crippen molar-refractivity contribution in [3.05, 3.63) is 47.5 Å². The Labute approximate surface area is 189 Å². The summed E-state index contributed by atoms with van der Waals surface area (Å²) in [5, 5.41) is 5.36. The van der Waals surface area contributed by atoms with Crippen LogP contribution < -0.4 is 25.0 Å². The van der Waals surface area contributed by atoms with E-state index in [0.717, 1.165) is 24.9 Å². The van der Waals surface area contributed by atoms with Crippen LogP contribution >= 0.6 is 0 Å². The summed E-state index contributed by atoms with van der Waals surface area (Å²) in [6, 6.07) is 11.4. The second kappa shape index (κ2) is 10.4. The molecule has 0 aliphatic carbocycles. The standard InChI is InChI=1S/C24H32N4O4/c1-27(2)21(17-8-10-20-16(13-17)7-6-12-28(20)3)15-25-23(29)24(30)26-19-14-18(31-4)9-11-22(19)32-5/h8-11,13-14,21H,6-7,12,15H2,1-5H3,(H,25,29)(H,26,30). The number of benzene rings is 2. The SMILES string of the molecule is COc1ccc(OC)c(NC(=O)C(=O)NCC(c2ccc3c(c2)CCCN3C)N(C)C)c1. The summed E-state index contributed by atoms with van der Waals surface area (Å²) in [6.07, 6.45) is 2.18. The molecule has 0 spiro atoms. The predicted octanol–water partition coefficient (Wildman–Crippen LogP) is 2.44. The topological polar surface area (TPSA) is 83.1 Å². The predicted molar refractivity (Wildman–Crippen MR) is 126 cm³/mol. The molecule has 172 valence electrons. The number of methoxy groups -OCH3 is 2. The van der Waals surface area contributed by atoms with Crippen molar-refractivity contribution in [2.45, 2.75) is 18.9 Å². The normalized spacial score (nSPS) is 13.9. The van der Waals surface area contributed by atoms with Crippen molar-refractivity contribution in [1.82, 2.24) is 10.2 Å². The molecule has 2 amide bonds. The highest BCUT2D eigenvalue weighted by atomic mass is 16.5. The van der Waals surface area contributed by atoms with E-state index in [4.69, 9.17) is 9.47 Å². The number of carbonyl (C=O) groups excluding carboxylic acids is 2. The van der Waals surface area contributed by atoms with E-state index in [1.807, 2.05) is 19.0 Å². The van der Waals surface area contributed by atoms with Gasteiger partial charge in [-0.1, -0.05) is 12.1 Å². The van der Waals surface area contributed by atoms with Crippen molar-refractivity contribution >= 4 is 23.2 Å². The summed E-state index contributed by atoms with van der Waals surface area (Å²) >= 11 is 0. The molecule has 1 aliphatic heterocycles. The first-order valence-corrected chi connectivity index (χ1v) is 10.7. The summed E-state index contributed by atoms with van der Waals surface area (Å²) in [4.78, 5) is 29.3. The van der Waals surface area contributed by atoms with Gasteiger partial charge in [0.2, 0.25) is 0 Å². The smallest absolute Gasteiger partial charge is 0.313 e. The van der Waals surface area contributed by atoms with Crippen LogP contribution in [0, 0.1) is 0 Å². The van der Waals surface area contributed by atoms with Crippen LogP contribution in [0.25, 0.3) is 0 Å². The molecule has 32 heavy (non-hydrogen) atoms. The highest BCUT2D eigenvalue weighted by Gasteiger charge is 2.22. The maximum Gasteiger partial charge on any atom is 0.313 e. The van der Waals surface area contributed by atoms with Gasteiger partial charge >= 0.3 is 11.8 Å². The fourth-order valence-electron chi connectivity index (χ4n) is 3.97. The Bertz CT molecular complexity index is 976. The molecule has 0 saturated carbocycles. The lowest BCUT2D eigenvalue weighted by atomic mass is 9.96. The zero-order chi connectivity index (χ0) is 23.3. The van der Waals surface area contributed by atoms with E-state index in [9.17, 15) is 9.59 Å². The lowest BCUT2D eigenvalue weighted by molar-refractivity contribution is -0.136. The maximum absolute atomic E-state index is 12.5. The number of anilines is 2. The second-order valence-electron chi connectivity index (χ2n) is 8.12. The van der Waals surface area contributed by atoms with Crippen molar-refractivity contribution < 1.29 is 19.1 Å². The van der Waals surface area contributed by atoms with Gasteiger partial charge in [-0.25, -0.2) is 0 Å². The molecule has 0 radical (unpaired) electrons. The van der Waals surface area contributed by atoms with Gasteiger partial charge in [-0.15, -0.1) is 0 Å². The number of hydrogen-bond donors (Lipinski definition) is 2. The number of nitrogens with one attached hydrogen (secondary N) is 2. The van der Waals surface area contributed by atoms with Crippen molar-refractivity contribution in [2.75, 3.05) is 58.7 Å². The Hall–Kier alpha value is -3.26. The average Bonchev–Trinajstić information content (AvgIpc) is 2.78. The molecule has 2 aromatic carbocycles. The summed E-state index contributed by atoms with van der Waals surface area (Å²) < 4.78 is 10.4. The van der Waals surface area contributed by atoms with Crippen LogP contribution in [0.15, 0.2) is 36.4 Å². The van der Waals surface area contributed by atoms with Crippen LogP contribution in [0.2, 0.25) is 0 Å². The fraction of sp³-hybridized carbons (Fsp3) is 0.417. The summed E-state index contributed by atoms with van der Waals surface area (Å²) in [5.41, 5.74) is 4.06. The number of carbonyl (C=O) groups is 2. The van der Waals surface area contributed by atoms with Gasteiger partial charge in [0, 0.05) is 31.9 Å². The molecule has 1 atom stereocenters. The molecule has 0 fully saturated rings. The van der Waals surface area contributed by atoms with Crippen LogP contribution in [-0.2, 0) is 16.0 Å². The van der Waals surface area contributed by atoms with E-state index in [-0.39, 0.29) is 6.04 Å². The number of aryl methyl sites for hydroxylation is 1. The van der Waals surface area contributed by atoms with Crippen LogP contribution in [0.4, 0.5) is 11.4 Å². The average molecular weight is 441 g/mol. The van der Waals surface area contributed by atoms with E-state index in [0.29, 0.717) is 23.7 Å². The van der Waals surface area contributed by atoms with Crippen molar-refractivity contribution in [3.63, 3.8) is 0 Å². The third-order valence-electron chi connectivity index (χ3n) is 5.78. The van der Waals surface area contributed by atoms with Crippen LogP contribution in [0.1, 0.15) is 23.6 Å². The zero-order valence-electron chi connectivity index (χ0n) is 19.4. The highest BCUT2D eigenvalue weighted by molar-refractivity contribution is 6.39. The number of amides is 2. The van der Waals surface area contributed by atoms with Gasteiger partial charge < -0.3 is 29.9 Å². The highest BCUT2D eigenvalue weighted by Crippen LogP contribution is 2.30. The quantitative estimate of drug-likeness (QED) is 0.644. The van der Waals surface area contributed by atoms with Crippen LogP contribution in [0.5, 0.6) is 11.5 Å². The Kier molecular flexibility index (Phi) is 7.58. The minimum atomic E-state index is -0.763. The van der Waals surface area contributed by atoms with Gasteiger partial charge in [0.15, 0.2) is 0 Å². The first-order valence-electron chi connectivity index (χ1n) is 10.7. The van der Waals surface area contributed by atoms with Gasteiger partial charge in [0.05, 0.1) is 25.9 Å². The number of rotatable bonds is 7. The van der Waals surface area contributed by atoms with Gasteiger partial charge in [0.1, 0.15) is 11.5 Å².